The van der Waals surface area contributed by atoms with E-state index in [1.54, 1.807) is 0 Å². The summed E-state index contributed by atoms with van der Waals surface area (Å²) in [5, 5.41) is 3.17. The summed E-state index contributed by atoms with van der Waals surface area (Å²) in [5.74, 6) is -0.240. The Kier molecular flexibility index (Phi) is 6.06. The zero-order valence-electron chi connectivity index (χ0n) is 14.1. The Hall–Kier alpha value is -1.71. The SMILES string of the molecule is CCN(CC)c1ccc(NC(C)C(=O)OC(C)(C)C)cc1. The molecule has 0 saturated heterocycles. The van der Waals surface area contributed by atoms with E-state index in [0.717, 1.165) is 18.8 Å². The molecule has 0 amide bonds. The van der Waals surface area contributed by atoms with Crippen molar-refractivity contribution in [2.24, 2.45) is 0 Å². The van der Waals surface area contributed by atoms with Gasteiger partial charge in [0, 0.05) is 24.5 Å². The Balaban J connectivity index is 2.65. The van der Waals surface area contributed by atoms with E-state index in [0.29, 0.717) is 0 Å². The van der Waals surface area contributed by atoms with E-state index in [4.69, 9.17) is 4.74 Å². The van der Waals surface area contributed by atoms with E-state index in [1.165, 1.54) is 5.69 Å². The summed E-state index contributed by atoms with van der Waals surface area (Å²) in [6.45, 7) is 13.7. The van der Waals surface area contributed by atoms with Crippen LogP contribution in [-0.4, -0.2) is 30.7 Å². The average molecular weight is 292 g/mol. The second-order valence-electron chi connectivity index (χ2n) is 6.12. The van der Waals surface area contributed by atoms with Crippen LogP contribution in [0.15, 0.2) is 24.3 Å². The molecule has 1 rings (SSSR count). The van der Waals surface area contributed by atoms with Crippen LogP contribution in [0.2, 0.25) is 0 Å². The molecule has 0 spiro atoms. The number of benzene rings is 1. The van der Waals surface area contributed by atoms with E-state index in [2.05, 4.69) is 36.2 Å². The van der Waals surface area contributed by atoms with Gasteiger partial charge in [-0.3, -0.25) is 0 Å². The van der Waals surface area contributed by atoms with Gasteiger partial charge in [-0.15, -0.1) is 0 Å². The minimum atomic E-state index is -0.459. The molecule has 0 aromatic heterocycles. The molecule has 1 aromatic carbocycles. The third-order valence-electron chi connectivity index (χ3n) is 3.14. The van der Waals surface area contributed by atoms with Crippen molar-refractivity contribution in [3.05, 3.63) is 24.3 Å². The number of carbonyl (C=O) groups is 1. The number of nitrogens with zero attached hydrogens (tertiary/aromatic N) is 1. The fourth-order valence-corrected chi connectivity index (χ4v) is 2.06. The summed E-state index contributed by atoms with van der Waals surface area (Å²) >= 11 is 0. The molecule has 1 atom stereocenters. The first-order chi connectivity index (χ1) is 9.76. The highest BCUT2D eigenvalue weighted by Gasteiger charge is 2.21. The molecule has 4 heteroatoms. The maximum absolute atomic E-state index is 11.9. The van der Waals surface area contributed by atoms with Crippen LogP contribution >= 0.6 is 0 Å². The zero-order valence-corrected chi connectivity index (χ0v) is 14.1. The van der Waals surface area contributed by atoms with Crippen molar-refractivity contribution < 1.29 is 9.53 Å². The summed E-state index contributed by atoms with van der Waals surface area (Å²) in [6, 6.07) is 7.75. The Morgan fingerprint density at radius 2 is 1.71 bits per heavy atom. The number of hydrogen-bond donors (Lipinski definition) is 1. The van der Waals surface area contributed by atoms with Crippen LogP contribution in [0, 0.1) is 0 Å². The molecule has 21 heavy (non-hydrogen) atoms. The number of ether oxygens (including phenoxy) is 1. The monoisotopic (exact) mass is 292 g/mol. The third-order valence-corrected chi connectivity index (χ3v) is 3.14. The molecule has 1 unspecified atom stereocenters. The fraction of sp³-hybridized carbons (Fsp3) is 0.588. The van der Waals surface area contributed by atoms with Gasteiger partial charge in [-0.05, 0) is 65.8 Å². The molecule has 1 N–H and O–H groups in total. The van der Waals surface area contributed by atoms with Crippen molar-refractivity contribution in [3.8, 4) is 0 Å². The normalized spacial score (nSPS) is 12.7. The second-order valence-corrected chi connectivity index (χ2v) is 6.12. The number of carbonyl (C=O) groups excluding carboxylic acids is 1. The lowest BCUT2D eigenvalue weighted by Gasteiger charge is -2.24. The number of rotatable bonds is 6. The van der Waals surface area contributed by atoms with E-state index in [9.17, 15) is 4.79 Å². The van der Waals surface area contributed by atoms with Crippen LogP contribution in [-0.2, 0) is 9.53 Å². The van der Waals surface area contributed by atoms with Gasteiger partial charge in [0.15, 0.2) is 0 Å². The first-order valence-corrected chi connectivity index (χ1v) is 7.61. The second kappa shape index (κ2) is 7.34. The summed E-state index contributed by atoms with van der Waals surface area (Å²) in [6.07, 6.45) is 0. The zero-order chi connectivity index (χ0) is 16.0. The molecule has 0 fully saturated rings. The van der Waals surface area contributed by atoms with Crippen molar-refractivity contribution in [2.75, 3.05) is 23.3 Å². The van der Waals surface area contributed by atoms with E-state index in [-0.39, 0.29) is 12.0 Å². The lowest BCUT2D eigenvalue weighted by Crippen LogP contribution is -2.34. The third kappa shape index (κ3) is 5.66. The van der Waals surface area contributed by atoms with Crippen LogP contribution < -0.4 is 10.2 Å². The first-order valence-electron chi connectivity index (χ1n) is 7.61. The largest absolute Gasteiger partial charge is 0.458 e. The molecule has 0 aliphatic heterocycles. The minimum absolute atomic E-state index is 0.240. The molecule has 4 nitrogen and oxygen atoms in total. The number of anilines is 2. The predicted molar refractivity (Wildman–Crippen MR) is 88.9 cm³/mol. The summed E-state index contributed by atoms with van der Waals surface area (Å²) < 4.78 is 5.36. The van der Waals surface area contributed by atoms with E-state index >= 15 is 0 Å². The van der Waals surface area contributed by atoms with Gasteiger partial charge < -0.3 is 15.0 Å². The molecule has 1 aromatic rings. The highest BCUT2D eigenvalue weighted by Crippen LogP contribution is 2.19. The smallest absolute Gasteiger partial charge is 0.328 e. The first kappa shape index (κ1) is 17.3. The molecule has 0 saturated carbocycles. The number of nitrogens with one attached hydrogen (secondary N) is 1. The molecular formula is C17H28N2O2. The molecular weight excluding hydrogens is 264 g/mol. The maximum Gasteiger partial charge on any atom is 0.328 e. The van der Waals surface area contributed by atoms with E-state index < -0.39 is 5.60 Å². The van der Waals surface area contributed by atoms with E-state index in [1.807, 2.05) is 39.8 Å². The summed E-state index contributed by atoms with van der Waals surface area (Å²) in [5.41, 5.74) is 1.65. The van der Waals surface area contributed by atoms with Gasteiger partial charge in [-0.1, -0.05) is 0 Å². The van der Waals surface area contributed by atoms with Gasteiger partial charge >= 0.3 is 5.97 Å². The van der Waals surface area contributed by atoms with Gasteiger partial charge in [0.25, 0.3) is 0 Å². The van der Waals surface area contributed by atoms with Crippen LogP contribution in [0.5, 0.6) is 0 Å². The number of hydrogen-bond acceptors (Lipinski definition) is 4. The fourth-order valence-electron chi connectivity index (χ4n) is 2.06. The van der Waals surface area contributed by atoms with Gasteiger partial charge in [0.2, 0.25) is 0 Å². The Labute approximate surface area is 128 Å². The molecule has 0 bridgehead atoms. The molecule has 0 radical (unpaired) electrons. The van der Waals surface area contributed by atoms with Crippen molar-refractivity contribution in [1.82, 2.24) is 0 Å². The van der Waals surface area contributed by atoms with Crippen LogP contribution in [0.1, 0.15) is 41.5 Å². The van der Waals surface area contributed by atoms with Crippen LogP contribution in [0.4, 0.5) is 11.4 Å². The quantitative estimate of drug-likeness (QED) is 0.812. The van der Waals surface area contributed by atoms with Gasteiger partial charge in [0.1, 0.15) is 11.6 Å². The predicted octanol–water partition coefficient (Wildman–Crippen LogP) is 3.67. The lowest BCUT2D eigenvalue weighted by molar-refractivity contribution is -0.155. The Morgan fingerprint density at radius 3 is 2.14 bits per heavy atom. The van der Waals surface area contributed by atoms with Crippen LogP contribution in [0.3, 0.4) is 0 Å². The van der Waals surface area contributed by atoms with Crippen LogP contribution in [0.25, 0.3) is 0 Å². The molecule has 0 heterocycles. The average Bonchev–Trinajstić information content (AvgIpc) is 2.40. The van der Waals surface area contributed by atoms with Gasteiger partial charge in [-0.25, -0.2) is 4.79 Å². The summed E-state index contributed by atoms with van der Waals surface area (Å²) in [7, 11) is 0. The summed E-state index contributed by atoms with van der Waals surface area (Å²) in [4.78, 5) is 14.2. The Bertz CT molecular complexity index is 445. The van der Waals surface area contributed by atoms with Crippen molar-refractivity contribution in [2.45, 2.75) is 53.2 Å². The topological polar surface area (TPSA) is 41.6 Å². The Morgan fingerprint density at radius 1 is 1.19 bits per heavy atom. The van der Waals surface area contributed by atoms with Gasteiger partial charge in [-0.2, -0.15) is 0 Å². The standard InChI is InChI=1S/C17H28N2O2/c1-7-19(8-2)15-11-9-14(10-12-15)18-13(3)16(20)21-17(4,5)6/h9-13,18H,7-8H2,1-6H3. The molecule has 0 aliphatic carbocycles. The highest BCUT2D eigenvalue weighted by atomic mass is 16.6. The highest BCUT2D eigenvalue weighted by molar-refractivity contribution is 5.79. The maximum atomic E-state index is 11.9. The van der Waals surface area contributed by atoms with Crippen molar-refractivity contribution in [1.29, 1.82) is 0 Å². The molecule has 0 aliphatic rings. The lowest BCUT2D eigenvalue weighted by atomic mass is 10.2. The number of esters is 1. The van der Waals surface area contributed by atoms with Crippen molar-refractivity contribution in [3.63, 3.8) is 0 Å². The minimum Gasteiger partial charge on any atom is -0.458 e. The van der Waals surface area contributed by atoms with Crippen molar-refractivity contribution >= 4 is 17.3 Å². The van der Waals surface area contributed by atoms with Gasteiger partial charge in [0.05, 0.1) is 0 Å². The molecule has 118 valence electrons.